The van der Waals surface area contributed by atoms with Crippen LogP contribution in [-0.4, -0.2) is 20.2 Å². The zero-order chi connectivity index (χ0) is 11.9. The standard InChI is InChI=1S/C12H15N5/c1-17-15-11(14-16-17)8-12(13)7-6-9-4-2-3-5-10(9)12/h2-5H,6-8,13H2,1H3. The fourth-order valence-electron chi connectivity index (χ4n) is 2.58. The molecule has 0 spiro atoms. The summed E-state index contributed by atoms with van der Waals surface area (Å²) in [5.41, 5.74) is 8.74. The molecule has 1 aliphatic rings. The van der Waals surface area contributed by atoms with Crippen molar-refractivity contribution in [2.24, 2.45) is 12.8 Å². The lowest BCUT2D eigenvalue weighted by atomic mass is 9.89. The molecular formula is C12H15N5. The van der Waals surface area contributed by atoms with Crippen molar-refractivity contribution in [2.75, 3.05) is 0 Å². The van der Waals surface area contributed by atoms with Gasteiger partial charge in [0.25, 0.3) is 0 Å². The largest absolute Gasteiger partial charge is 0.321 e. The lowest BCUT2D eigenvalue weighted by Gasteiger charge is -2.23. The number of tetrazole rings is 1. The van der Waals surface area contributed by atoms with Crippen molar-refractivity contribution in [2.45, 2.75) is 24.8 Å². The zero-order valence-corrected chi connectivity index (χ0v) is 9.80. The van der Waals surface area contributed by atoms with Crippen LogP contribution >= 0.6 is 0 Å². The van der Waals surface area contributed by atoms with E-state index in [1.54, 1.807) is 7.05 Å². The highest BCUT2D eigenvalue weighted by atomic mass is 15.6. The van der Waals surface area contributed by atoms with Gasteiger partial charge in [-0.05, 0) is 29.2 Å². The topological polar surface area (TPSA) is 69.6 Å². The summed E-state index contributed by atoms with van der Waals surface area (Å²) in [7, 11) is 1.77. The first kappa shape index (κ1) is 10.4. The third-order valence-corrected chi connectivity index (χ3v) is 3.42. The van der Waals surface area contributed by atoms with Crippen LogP contribution in [0.4, 0.5) is 0 Å². The average molecular weight is 229 g/mol. The van der Waals surface area contributed by atoms with Crippen LogP contribution in [0.2, 0.25) is 0 Å². The van der Waals surface area contributed by atoms with E-state index in [9.17, 15) is 0 Å². The molecule has 1 heterocycles. The summed E-state index contributed by atoms with van der Waals surface area (Å²) in [6, 6.07) is 8.35. The molecule has 1 atom stereocenters. The molecule has 0 fully saturated rings. The molecule has 1 aliphatic carbocycles. The number of hydrogen-bond acceptors (Lipinski definition) is 4. The monoisotopic (exact) mass is 229 g/mol. The molecule has 1 aromatic heterocycles. The maximum atomic E-state index is 6.49. The molecule has 0 saturated heterocycles. The maximum absolute atomic E-state index is 6.49. The van der Waals surface area contributed by atoms with Gasteiger partial charge in [0.05, 0.1) is 7.05 Å². The van der Waals surface area contributed by atoms with E-state index in [0.717, 1.165) is 12.8 Å². The van der Waals surface area contributed by atoms with Crippen LogP contribution < -0.4 is 5.73 Å². The minimum Gasteiger partial charge on any atom is -0.321 e. The summed E-state index contributed by atoms with van der Waals surface area (Å²) in [5, 5.41) is 12.1. The van der Waals surface area contributed by atoms with E-state index in [1.165, 1.54) is 15.9 Å². The van der Waals surface area contributed by atoms with Gasteiger partial charge in [-0.15, -0.1) is 10.2 Å². The van der Waals surface area contributed by atoms with Crippen LogP contribution in [0, 0.1) is 0 Å². The number of aryl methyl sites for hydroxylation is 2. The maximum Gasteiger partial charge on any atom is 0.176 e. The molecule has 0 bridgehead atoms. The van der Waals surface area contributed by atoms with Crippen molar-refractivity contribution in [1.82, 2.24) is 20.2 Å². The first-order valence-corrected chi connectivity index (χ1v) is 5.77. The lowest BCUT2D eigenvalue weighted by Crippen LogP contribution is -2.37. The fraction of sp³-hybridized carbons (Fsp3) is 0.417. The number of aromatic nitrogens is 4. The molecular weight excluding hydrogens is 214 g/mol. The van der Waals surface area contributed by atoms with Crippen molar-refractivity contribution < 1.29 is 0 Å². The Morgan fingerprint density at radius 3 is 3.00 bits per heavy atom. The van der Waals surface area contributed by atoms with Crippen LogP contribution in [0.3, 0.4) is 0 Å². The van der Waals surface area contributed by atoms with E-state index in [2.05, 4.69) is 33.6 Å². The summed E-state index contributed by atoms with van der Waals surface area (Å²) in [6.07, 6.45) is 2.63. The van der Waals surface area contributed by atoms with Gasteiger partial charge < -0.3 is 5.73 Å². The van der Waals surface area contributed by atoms with Crippen molar-refractivity contribution in [3.63, 3.8) is 0 Å². The second-order valence-corrected chi connectivity index (χ2v) is 4.69. The summed E-state index contributed by atoms with van der Waals surface area (Å²) in [6.45, 7) is 0. The molecule has 5 nitrogen and oxygen atoms in total. The quantitative estimate of drug-likeness (QED) is 0.816. The molecule has 88 valence electrons. The Hall–Kier alpha value is -1.75. The number of nitrogens with two attached hydrogens (primary N) is 1. The van der Waals surface area contributed by atoms with Gasteiger partial charge in [0, 0.05) is 12.0 Å². The van der Waals surface area contributed by atoms with Gasteiger partial charge in [0.15, 0.2) is 5.82 Å². The van der Waals surface area contributed by atoms with Crippen LogP contribution in [0.1, 0.15) is 23.4 Å². The van der Waals surface area contributed by atoms with E-state index in [4.69, 9.17) is 5.73 Å². The predicted molar refractivity (Wildman–Crippen MR) is 63.1 cm³/mol. The van der Waals surface area contributed by atoms with Crippen LogP contribution in [0.5, 0.6) is 0 Å². The highest BCUT2D eigenvalue weighted by molar-refractivity contribution is 5.38. The first-order valence-electron chi connectivity index (χ1n) is 5.77. The van der Waals surface area contributed by atoms with Gasteiger partial charge in [-0.1, -0.05) is 24.3 Å². The van der Waals surface area contributed by atoms with Crippen molar-refractivity contribution in [3.05, 3.63) is 41.2 Å². The van der Waals surface area contributed by atoms with Gasteiger partial charge in [-0.3, -0.25) is 0 Å². The van der Waals surface area contributed by atoms with Gasteiger partial charge in [0.2, 0.25) is 0 Å². The number of nitrogens with zero attached hydrogens (tertiary/aromatic N) is 4. The van der Waals surface area contributed by atoms with Gasteiger partial charge in [-0.2, -0.15) is 4.80 Å². The van der Waals surface area contributed by atoms with Crippen molar-refractivity contribution in [3.8, 4) is 0 Å². The molecule has 0 aliphatic heterocycles. The third kappa shape index (κ3) is 1.72. The molecule has 2 aromatic rings. The fourth-order valence-corrected chi connectivity index (χ4v) is 2.58. The minimum absolute atomic E-state index is 0.334. The van der Waals surface area contributed by atoms with E-state index in [1.807, 2.05) is 6.07 Å². The molecule has 17 heavy (non-hydrogen) atoms. The van der Waals surface area contributed by atoms with Crippen LogP contribution in [-0.2, 0) is 25.4 Å². The Bertz CT molecular complexity index is 547. The average Bonchev–Trinajstić information content (AvgIpc) is 2.86. The first-order chi connectivity index (χ1) is 8.17. The Labute approximate surface area is 99.6 Å². The van der Waals surface area contributed by atoms with Crippen molar-refractivity contribution >= 4 is 0 Å². The number of hydrogen-bond donors (Lipinski definition) is 1. The molecule has 0 radical (unpaired) electrons. The number of rotatable bonds is 2. The molecule has 1 aromatic carbocycles. The minimum atomic E-state index is -0.334. The number of benzene rings is 1. The van der Waals surface area contributed by atoms with E-state index >= 15 is 0 Å². The van der Waals surface area contributed by atoms with Crippen LogP contribution in [0.25, 0.3) is 0 Å². The van der Waals surface area contributed by atoms with Gasteiger partial charge in [0.1, 0.15) is 0 Å². The Morgan fingerprint density at radius 2 is 2.24 bits per heavy atom. The molecule has 0 saturated carbocycles. The van der Waals surface area contributed by atoms with E-state index in [-0.39, 0.29) is 5.54 Å². The van der Waals surface area contributed by atoms with Crippen molar-refractivity contribution in [1.29, 1.82) is 0 Å². The Balaban J connectivity index is 1.93. The molecule has 0 amide bonds. The second-order valence-electron chi connectivity index (χ2n) is 4.69. The molecule has 5 heteroatoms. The van der Waals surface area contributed by atoms with E-state index in [0.29, 0.717) is 12.2 Å². The smallest absolute Gasteiger partial charge is 0.176 e. The number of fused-ring (bicyclic) bond motifs is 1. The van der Waals surface area contributed by atoms with Gasteiger partial charge in [-0.25, -0.2) is 0 Å². The normalized spacial score (nSPS) is 22.7. The lowest BCUT2D eigenvalue weighted by molar-refractivity contribution is 0.427. The Morgan fingerprint density at radius 1 is 1.41 bits per heavy atom. The second kappa shape index (κ2) is 3.63. The SMILES string of the molecule is Cn1nnc(CC2(N)CCc3ccccc32)n1. The molecule has 2 N–H and O–H groups in total. The molecule has 1 unspecified atom stereocenters. The summed E-state index contributed by atoms with van der Waals surface area (Å²) < 4.78 is 0. The van der Waals surface area contributed by atoms with E-state index < -0.39 is 0 Å². The highest BCUT2D eigenvalue weighted by Gasteiger charge is 2.35. The van der Waals surface area contributed by atoms with Crippen LogP contribution in [0.15, 0.2) is 24.3 Å². The zero-order valence-electron chi connectivity index (χ0n) is 9.80. The Kier molecular flexibility index (Phi) is 2.22. The summed E-state index contributed by atoms with van der Waals surface area (Å²) >= 11 is 0. The summed E-state index contributed by atoms with van der Waals surface area (Å²) in [5.74, 6) is 0.715. The molecule has 3 rings (SSSR count). The third-order valence-electron chi connectivity index (χ3n) is 3.42. The highest BCUT2D eigenvalue weighted by Crippen LogP contribution is 2.36. The van der Waals surface area contributed by atoms with Gasteiger partial charge >= 0.3 is 0 Å². The predicted octanol–water partition coefficient (Wildman–Crippen LogP) is 0.553. The summed E-state index contributed by atoms with van der Waals surface area (Å²) in [4.78, 5) is 1.47.